The molecule has 0 saturated carbocycles. The third-order valence-corrected chi connectivity index (χ3v) is 1.71. The molecule has 0 aromatic carbocycles. The first-order valence-electron chi connectivity index (χ1n) is 1.89. The summed E-state index contributed by atoms with van der Waals surface area (Å²) in [5.41, 5.74) is -1.13. The lowest BCUT2D eigenvalue weighted by molar-refractivity contribution is 0.189. The highest BCUT2D eigenvalue weighted by molar-refractivity contribution is 7.46. The van der Waals surface area contributed by atoms with Gasteiger partial charge in [0, 0.05) is 0 Å². The zero-order chi connectivity index (χ0) is 7.49. The van der Waals surface area contributed by atoms with Gasteiger partial charge in [-0.1, -0.05) is 11.6 Å². The van der Waals surface area contributed by atoms with E-state index in [-0.39, 0.29) is 5.88 Å². The zero-order valence-electron chi connectivity index (χ0n) is 4.20. The Balaban J connectivity index is 3.60. The lowest BCUT2D eigenvalue weighted by Gasteiger charge is -2.06. The Bertz CT molecular complexity index is 122. The predicted octanol–water partition coefficient (Wildman–Crippen LogP) is 0.899. The van der Waals surface area contributed by atoms with Crippen molar-refractivity contribution < 1.29 is 18.9 Å². The van der Waals surface area contributed by atoms with Crippen LogP contribution in [0.5, 0.6) is 0 Å². The predicted molar refractivity (Wildman–Crippen MR) is 33.5 cm³/mol. The smallest absolute Gasteiger partial charge is 0.303 e. The molecule has 0 aliphatic heterocycles. The Morgan fingerprint density at radius 3 is 2.22 bits per heavy atom. The van der Waals surface area contributed by atoms with Gasteiger partial charge >= 0.3 is 7.82 Å². The molecule has 0 rings (SSSR count). The summed E-state index contributed by atoms with van der Waals surface area (Å²) < 4.78 is 13.8. The van der Waals surface area contributed by atoms with Crippen molar-refractivity contribution >= 4 is 31.0 Å². The van der Waals surface area contributed by atoms with Crippen LogP contribution >= 0.6 is 31.0 Å². The van der Waals surface area contributed by atoms with Crippen molar-refractivity contribution in [3.05, 3.63) is 0 Å². The minimum atomic E-state index is -4.45. The van der Waals surface area contributed by atoms with Crippen molar-refractivity contribution in [2.75, 3.05) is 5.88 Å². The Morgan fingerprint density at radius 2 is 2.11 bits per heavy atom. The lowest BCUT2D eigenvalue weighted by Crippen LogP contribution is -2.03. The molecule has 9 heavy (non-hydrogen) atoms. The Labute approximate surface area is 62.0 Å². The molecule has 0 bridgehead atoms. The van der Waals surface area contributed by atoms with Gasteiger partial charge in [0.15, 0.2) is 5.56 Å². The van der Waals surface area contributed by atoms with Crippen LogP contribution in [0.2, 0.25) is 0 Å². The van der Waals surface area contributed by atoms with Crippen LogP contribution in [0.25, 0.3) is 0 Å². The van der Waals surface area contributed by atoms with Gasteiger partial charge in [-0.25, -0.2) is 4.57 Å². The number of halogens is 2. The molecule has 0 fully saturated rings. The minimum absolute atomic E-state index is 0.160. The maximum Gasteiger partial charge on any atom is 0.471 e. The second kappa shape index (κ2) is 3.76. The van der Waals surface area contributed by atoms with Gasteiger partial charge in [0.1, 0.15) is 0 Å². The number of hydrogen-bond donors (Lipinski definition) is 2. The quantitative estimate of drug-likeness (QED) is 0.518. The molecule has 0 radical (unpaired) electrons. The third kappa shape index (κ3) is 6.58. The van der Waals surface area contributed by atoms with E-state index in [1.54, 1.807) is 0 Å². The molecular weight excluding hydrogens is 190 g/mol. The molecule has 0 aliphatic rings. The summed E-state index contributed by atoms with van der Waals surface area (Å²) in [4.78, 5) is 16.1. The normalized spacial score (nSPS) is 15.6. The maximum absolute atomic E-state index is 9.93. The average Bonchev–Trinajstić information content (AvgIpc) is 1.62. The van der Waals surface area contributed by atoms with Gasteiger partial charge in [-0.3, -0.25) is 4.52 Å². The fourth-order valence-electron chi connectivity index (χ4n) is 0.177. The van der Waals surface area contributed by atoms with E-state index < -0.39 is 13.4 Å². The van der Waals surface area contributed by atoms with Crippen LogP contribution < -0.4 is 0 Å². The fourth-order valence-corrected chi connectivity index (χ4v) is 1.01. The molecule has 0 amide bonds. The number of hydrogen-bond acceptors (Lipinski definition) is 2. The third-order valence-electron chi connectivity index (χ3n) is 0.373. The van der Waals surface area contributed by atoms with Gasteiger partial charge < -0.3 is 9.79 Å². The highest BCUT2D eigenvalue weighted by Gasteiger charge is 2.18. The molecule has 1 atom stereocenters. The molecule has 0 aromatic rings. The van der Waals surface area contributed by atoms with Crippen molar-refractivity contribution in [3.63, 3.8) is 0 Å². The van der Waals surface area contributed by atoms with E-state index in [1.165, 1.54) is 0 Å². The standard InChI is InChI=1S/C2H5Cl2O4P/c3-1-2(4)8-9(5,6)7/h2H,1H2,(H2,5,6,7). The molecular formula is C2H5Cl2O4P. The first-order chi connectivity index (χ1) is 3.95. The Hall–Kier alpha value is 0.690. The van der Waals surface area contributed by atoms with Crippen molar-refractivity contribution in [1.82, 2.24) is 0 Å². The van der Waals surface area contributed by atoms with Crippen molar-refractivity contribution in [3.8, 4) is 0 Å². The Kier molecular flexibility index (Phi) is 4.05. The maximum atomic E-state index is 9.93. The molecule has 0 spiro atoms. The second-order valence-corrected chi connectivity index (χ2v) is 3.15. The first kappa shape index (κ1) is 9.69. The second-order valence-electron chi connectivity index (χ2n) is 1.16. The Morgan fingerprint density at radius 1 is 1.67 bits per heavy atom. The van der Waals surface area contributed by atoms with Crippen LogP contribution in [0.3, 0.4) is 0 Å². The molecule has 2 N–H and O–H groups in total. The minimum Gasteiger partial charge on any atom is -0.303 e. The fraction of sp³-hybridized carbons (Fsp3) is 1.00. The van der Waals surface area contributed by atoms with E-state index in [4.69, 9.17) is 33.0 Å². The highest BCUT2D eigenvalue weighted by Crippen LogP contribution is 2.38. The van der Waals surface area contributed by atoms with E-state index >= 15 is 0 Å². The topological polar surface area (TPSA) is 66.8 Å². The number of alkyl halides is 2. The van der Waals surface area contributed by atoms with Gasteiger partial charge in [0.2, 0.25) is 0 Å². The van der Waals surface area contributed by atoms with Crippen LogP contribution in [0.1, 0.15) is 0 Å². The van der Waals surface area contributed by atoms with Crippen molar-refractivity contribution in [1.29, 1.82) is 0 Å². The molecule has 7 heteroatoms. The summed E-state index contributed by atoms with van der Waals surface area (Å²) in [7, 11) is -4.45. The SMILES string of the molecule is O=P(O)(O)OC(Cl)CCl. The van der Waals surface area contributed by atoms with Gasteiger partial charge in [-0.15, -0.1) is 11.6 Å². The average molecular weight is 195 g/mol. The van der Waals surface area contributed by atoms with Crippen molar-refractivity contribution in [2.24, 2.45) is 0 Å². The van der Waals surface area contributed by atoms with E-state index in [0.29, 0.717) is 0 Å². The van der Waals surface area contributed by atoms with Crippen molar-refractivity contribution in [2.45, 2.75) is 5.56 Å². The number of phosphoric acid groups is 1. The summed E-state index contributed by atoms with van der Waals surface area (Å²) in [5.74, 6) is -0.160. The number of rotatable bonds is 3. The van der Waals surface area contributed by atoms with Crippen LogP contribution in [-0.2, 0) is 9.09 Å². The van der Waals surface area contributed by atoms with Crippen LogP contribution in [0, 0.1) is 0 Å². The highest BCUT2D eigenvalue weighted by atomic mass is 35.5. The van der Waals surface area contributed by atoms with Gasteiger partial charge in [-0.2, -0.15) is 0 Å². The molecule has 0 aliphatic carbocycles. The molecule has 0 saturated heterocycles. The number of phosphoric ester groups is 1. The zero-order valence-corrected chi connectivity index (χ0v) is 6.60. The largest absolute Gasteiger partial charge is 0.471 e. The molecule has 0 aromatic heterocycles. The monoisotopic (exact) mass is 194 g/mol. The summed E-state index contributed by atoms with van der Waals surface area (Å²) in [5, 5.41) is 0. The van der Waals surface area contributed by atoms with E-state index in [1.807, 2.05) is 0 Å². The summed E-state index contributed by atoms with van der Waals surface area (Å²) in [6.45, 7) is 0. The summed E-state index contributed by atoms with van der Waals surface area (Å²) in [6, 6.07) is 0. The van der Waals surface area contributed by atoms with Crippen LogP contribution in [0.15, 0.2) is 0 Å². The summed E-state index contributed by atoms with van der Waals surface area (Å²) >= 11 is 10.2. The van der Waals surface area contributed by atoms with Crippen LogP contribution in [0.4, 0.5) is 0 Å². The molecule has 56 valence electrons. The van der Waals surface area contributed by atoms with E-state index in [9.17, 15) is 4.57 Å². The molecule has 1 unspecified atom stereocenters. The van der Waals surface area contributed by atoms with Gasteiger partial charge in [-0.05, 0) is 0 Å². The lowest BCUT2D eigenvalue weighted by atomic mass is 10.9. The van der Waals surface area contributed by atoms with E-state index in [0.717, 1.165) is 0 Å². The summed E-state index contributed by atoms with van der Waals surface area (Å²) in [6.07, 6.45) is 0. The first-order valence-corrected chi connectivity index (χ1v) is 4.40. The van der Waals surface area contributed by atoms with E-state index in [2.05, 4.69) is 4.52 Å². The van der Waals surface area contributed by atoms with Gasteiger partial charge in [0.05, 0.1) is 5.88 Å². The molecule has 4 nitrogen and oxygen atoms in total. The van der Waals surface area contributed by atoms with Gasteiger partial charge in [0.25, 0.3) is 0 Å². The molecule has 0 heterocycles. The van der Waals surface area contributed by atoms with Crippen LogP contribution in [-0.4, -0.2) is 21.2 Å².